The van der Waals surface area contributed by atoms with E-state index >= 15 is 0 Å². The average Bonchev–Trinajstić information content (AvgIpc) is 3.33. The minimum absolute atomic E-state index is 0.119. The second-order valence-electron chi connectivity index (χ2n) is 10.4. The zero-order valence-electron chi connectivity index (χ0n) is 23.3. The van der Waals surface area contributed by atoms with E-state index < -0.39 is 11.7 Å². The lowest BCUT2D eigenvalue weighted by Crippen LogP contribution is -2.50. The van der Waals surface area contributed by atoms with Crippen LogP contribution in [0.4, 0.5) is 22.2 Å². The summed E-state index contributed by atoms with van der Waals surface area (Å²) in [4.78, 5) is 17.4. The van der Waals surface area contributed by atoms with E-state index in [2.05, 4.69) is 32.2 Å². The first kappa shape index (κ1) is 27.8. The van der Waals surface area contributed by atoms with Crippen LogP contribution in [0, 0.1) is 11.3 Å². The number of anilines is 3. The van der Waals surface area contributed by atoms with Crippen LogP contribution >= 0.6 is 0 Å². The molecule has 1 amide bonds. The Kier molecular flexibility index (Phi) is 8.28. The molecule has 3 N–H and O–H groups in total. The van der Waals surface area contributed by atoms with Gasteiger partial charge in [-0.1, -0.05) is 19.8 Å². The third-order valence-corrected chi connectivity index (χ3v) is 6.44. The number of hydrogen-bond acceptors (Lipinski definition) is 10. The summed E-state index contributed by atoms with van der Waals surface area (Å²) in [6.07, 6.45) is 3.75. The summed E-state index contributed by atoms with van der Waals surface area (Å²) < 4.78 is 18.1. The molecule has 0 unspecified atom stereocenters. The monoisotopic (exact) mass is 536 g/mol. The van der Waals surface area contributed by atoms with Gasteiger partial charge in [0.2, 0.25) is 5.95 Å². The normalized spacial score (nSPS) is 17.3. The lowest BCUT2D eigenvalue weighted by atomic mass is 9.90. The van der Waals surface area contributed by atoms with Crippen molar-refractivity contribution in [3.05, 3.63) is 29.6 Å². The summed E-state index contributed by atoms with van der Waals surface area (Å²) in [6, 6.07) is 7.27. The number of rotatable bonds is 8. The predicted molar refractivity (Wildman–Crippen MR) is 147 cm³/mol. The highest BCUT2D eigenvalue weighted by Gasteiger charge is 2.30. The number of amides is 1. The fraction of sp³-hybridized carbons (Fsp3) is 0.519. The highest BCUT2D eigenvalue weighted by molar-refractivity contribution is 5.74. The summed E-state index contributed by atoms with van der Waals surface area (Å²) in [5.41, 5.74) is 0.672. The molecule has 12 nitrogen and oxygen atoms in total. The molecular weight excluding hydrogens is 500 g/mol. The third kappa shape index (κ3) is 6.42. The molecule has 0 bridgehead atoms. The molecule has 0 saturated heterocycles. The number of nitrogens with zero attached hydrogens (tertiary/aromatic N) is 5. The molecule has 1 aliphatic rings. The SMILES string of the molecule is CCc1nnc2c(C#N)c(Nc3cc(OC)cc(OC)c3)nc(N[C@H]3CCCC[C@H]3NC(=O)OC(C)(C)C)n12. The molecule has 2 aromatic heterocycles. The standard InChI is InChI=1S/C27H36N8O4/c1-7-22-33-34-24-19(15-28)23(29-16-12-17(37-5)14-18(13-16)38-6)32-25(35(22)24)30-20-10-8-9-11-21(20)31-26(36)39-27(2,3)4/h12-14,20-21,29H,7-11H2,1-6H3,(H,30,32)(H,31,36)/t20-,21+/m0/s1. The molecule has 0 radical (unpaired) electrons. The van der Waals surface area contributed by atoms with Crippen LogP contribution in [0.1, 0.15) is 64.8 Å². The maximum absolute atomic E-state index is 12.6. The van der Waals surface area contributed by atoms with Gasteiger partial charge in [-0.2, -0.15) is 10.2 Å². The molecule has 0 aliphatic heterocycles. The van der Waals surface area contributed by atoms with E-state index in [0.717, 1.165) is 25.7 Å². The van der Waals surface area contributed by atoms with Crippen molar-refractivity contribution in [2.24, 2.45) is 0 Å². The fourth-order valence-corrected chi connectivity index (χ4v) is 4.66. The number of alkyl carbamates (subject to hydrolysis) is 1. The largest absolute Gasteiger partial charge is 0.497 e. The topological polar surface area (TPSA) is 148 Å². The van der Waals surface area contributed by atoms with Crippen molar-refractivity contribution in [2.75, 3.05) is 24.9 Å². The molecule has 12 heteroatoms. The van der Waals surface area contributed by atoms with Gasteiger partial charge in [0.1, 0.15) is 34.6 Å². The van der Waals surface area contributed by atoms with Crippen LogP contribution in [0.5, 0.6) is 11.5 Å². The van der Waals surface area contributed by atoms with Gasteiger partial charge in [0.15, 0.2) is 11.5 Å². The van der Waals surface area contributed by atoms with Gasteiger partial charge in [-0.25, -0.2) is 9.20 Å². The van der Waals surface area contributed by atoms with Gasteiger partial charge in [0.25, 0.3) is 0 Å². The van der Waals surface area contributed by atoms with Crippen LogP contribution in [-0.2, 0) is 11.2 Å². The van der Waals surface area contributed by atoms with Gasteiger partial charge in [0, 0.05) is 36.3 Å². The number of benzene rings is 1. The van der Waals surface area contributed by atoms with Crippen molar-refractivity contribution < 1.29 is 19.0 Å². The van der Waals surface area contributed by atoms with E-state index in [1.54, 1.807) is 36.8 Å². The van der Waals surface area contributed by atoms with Crippen molar-refractivity contribution in [1.29, 1.82) is 5.26 Å². The first-order chi connectivity index (χ1) is 18.6. The van der Waals surface area contributed by atoms with Crippen molar-refractivity contribution >= 4 is 29.2 Å². The van der Waals surface area contributed by atoms with Crippen LogP contribution in [0.3, 0.4) is 0 Å². The molecule has 39 heavy (non-hydrogen) atoms. The Labute approximate surface area is 228 Å². The van der Waals surface area contributed by atoms with Gasteiger partial charge < -0.3 is 30.2 Å². The van der Waals surface area contributed by atoms with Crippen LogP contribution in [0.2, 0.25) is 0 Å². The van der Waals surface area contributed by atoms with Crippen molar-refractivity contribution in [1.82, 2.24) is 24.9 Å². The number of ether oxygens (including phenoxy) is 3. The number of carbonyl (C=O) groups excluding carboxylic acids is 1. The third-order valence-electron chi connectivity index (χ3n) is 6.44. The highest BCUT2D eigenvalue weighted by atomic mass is 16.6. The molecule has 2 heterocycles. The number of carbonyl (C=O) groups is 1. The molecule has 1 aliphatic carbocycles. The number of methoxy groups -OCH3 is 2. The summed E-state index contributed by atoms with van der Waals surface area (Å²) in [6.45, 7) is 7.48. The maximum Gasteiger partial charge on any atom is 0.407 e. The predicted octanol–water partition coefficient (Wildman–Crippen LogP) is 4.57. The summed E-state index contributed by atoms with van der Waals surface area (Å²) >= 11 is 0. The van der Waals surface area contributed by atoms with Crippen molar-refractivity contribution in [3.63, 3.8) is 0 Å². The number of nitrogens with one attached hydrogen (secondary N) is 3. The number of aromatic nitrogens is 4. The molecule has 0 spiro atoms. The van der Waals surface area contributed by atoms with E-state index in [1.165, 1.54) is 0 Å². The number of nitriles is 1. The summed E-state index contributed by atoms with van der Waals surface area (Å²) in [7, 11) is 3.14. The lowest BCUT2D eigenvalue weighted by Gasteiger charge is -2.34. The minimum atomic E-state index is -0.593. The van der Waals surface area contributed by atoms with Gasteiger partial charge in [-0.15, -0.1) is 10.2 Å². The van der Waals surface area contributed by atoms with Crippen LogP contribution in [0.25, 0.3) is 5.65 Å². The van der Waals surface area contributed by atoms with Crippen molar-refractivity contribution in [3.8, 4) is 17.6 Å². The van der Waals surface area contributed by atoms with Gasteiger partial charge in [0.05, 0.1) is 20.3 Å². The number of hydrogen-bond donors (Lipinski definition) is 3. The van der Waals surface area contributed by atoms with Crippen molar-refractivity contribution in [2.45, 2.75) is 77.5 Å². The average molecular weight is 537 g/mol. The molecule has 1 aromatic carbocycles. The van der Waals surface area contributed by atoms with Crippen LogP contribution in [-0.4, -0.2) is 57.6 Å². The van der Waals surface area contributed by atoms with Gasteiger partial charge in [-0.05, 0) is 33.6 Å². The Hall–Kier alpha value is -4.27. The Morgan fingerprint density at radius 2 is 1.77 bits per heavy atom. The molecule has 3 aromatic rings. The minimum Gasteiger partial charge on any atom is -0.497 e. The summed E-state index contributed by atoms with van der Waals surface area (Å²) in [5, 5.41) is 28.5. The molecule has 2 atom stereocenters. The number of fused-ring (bicyclic) bond motifs is 1. The lowest BCUT2D eigenvalue weighted by molar-refractivity contribution is 0.0488. The summed E-state index contributed by atoms with van der Waals surface area (Å²) in [5.74, 6) is 2.63. The zero-order chi connectivity index (χ0) is 28.2. The van der Waals surface area contributed by atoms with Crippen LogP contribution < -0.4 is 25.4 Å². The maximum atomic E-state index is 12.6. The first-order valence-electron chi connectivity index (χ1n) is 13.1. The Morgan fingerprint density at radius 1 is 1.10 bits per heavy atom. The second-order valence-corrected chi connectivity index (χ2v) is 10.4. The van der Waals surface area contributed by atoms with E-state index in [1.807, 2.05) is 27.7 Å². The Balaban J connectivity index is 1.72. The van der Waals surface area contributed by atoms with E-state index in [9.17, 15) is 10.1 Å². The number of aryl methyl sites for hydroxylation is 1. The molecule has 1 saturated carbocycles. The quantitative estimate of drug-likeness (QED) is 0.374. The fourth-order valence-electron chi connectivity index (χ4n) is 4.66. The van der Waals surface area contributed by atoms with E-state index in [0.29, 0.717) is 46.8 Å². The zero-order valence-corrected chi connectivity index (χ0v) is 23.3. The smallest absolute Gasteiger partial charge is 0.407 e. The van der Waals surface area contributed by atoms with Crippen LogP contribution in [0.15, 0.2) is 18.2 Å². The highest BCUT2D eigenvalue weighted by Crippen LogP contribution is 2.31. The van der Waals surface area contributed by atoms with E-state index in [-0.39, 0.29) is 17.6 Å². The molecule has 208 valence electrons. The molecule has 1 fully saturated rings. The van der Waals surface area contributed by atoms with Gasteiger partial charge >= 0.3 is 6.09 Å². The van der Waals surface area contributed by atoms with Gasteiger partial charge in [-0.3, -0.25) is 0 Å². The first-order valence-corrected chi connectivity index (χ1v) is 13.1. The molecule has 4 rings (SSSR count). The van der Waals surface area contributed by atoms with E-state index in [4.69, 9.17) is 19.2 Å². The Morgan fingerprint density at radius 3 is 2.36 bits per heavy atom. The second kappa shape index (κ2) is 11.6. The molecular formula is C27H36N8O4. The Bertz CT molecular complexity index is 1350.